The van der Waals surface area contributed by atoms with Crippen molar-refractivity contribution in [2.24, 2.45) is 0 Å². The van der Waals surface area contributed by atoms with Crippen LogP contribution in [0, 0.1) is 0 Å². The fraction of sp³-hybridized carbons (Fsp3) is 0.273. The minimum absolute atomic E-state index is 0.0136. The van der Waals surface area contributed by atoms with Crippen LogP contribution >= 0.6 is 15.9 Å². The van der Waals surface area contributed by atoms with Gasteiger partial charge in [0, 0.05) is 24.9 Å². The zero-order valence-corrected chi connectivity index (χ0v) is 17.6. The molecule has 5 nitrogen and oxygen atoms in total. The maximum atomic E-state index is 11.0. The molecule has 1 aromatic heterocycles. The number of rotatable bonds is 8. The summed E-state index contributed by atoms with van der Waals surface area (Å²) in [5, 5.41) is 3.85. The Kier molecular flexibility index (Phi) is 6.87. The van der Waals surface area contributed by atoms with Gasteiger partial charge in [-0.1, -0.05) is 13.0 Å². The molecule has 146 valence electrons. The van der Waals surface area contributed by atoms with Gasteiger partial charge in [-0.3, -0.25) is 4.79 Å². The molecule has 1 heterocycles. The molecule has 0 radical (unpaired) electrons. The van der Waals surface area contributed by atoms with Crippen LogP contribution in [-0.4, -0.2) is 24.0 Å². The fourth-order valence-corrected chi connectivity index (χ4v) is 3.18. The van der Waals surface area contributed by atoms with Crippen molar-refractivity contribution in [1.29, 1.82) is 0 Å². The van der Waals surface area contributed by atoms with Gasteiger partial charge in [-0.25, -0.2) is 4.98 Å². The van der Waals surface area contributed by atoms with Crippen molar-refractivity contribution >= 4 is 32.7 Å². The molecule has 28 heavy (non-hydrogen) atoms. The second kappa shape index (κ2) is 9.55. The summed E-state index contributed by atoms with van der Waals surface area (Å²) in [7, 11) is 0. The quantitative estimate of drug-likeness (QED) is 0.516. The van der Waals surface area contributed by atoms with Crippen LogP contribution in [0.4, 0.5) is 0 Å². The molecule has 2 aromatic carbocycles. The molecule has 0 aliphatic carbocycles. The predicted molar refractivity (Wildman–Crippen MR) is 114 cm³/mol. The van der Waals surface area contributed by atoms with Gasteiger partial charge in [-0.15, -0.1) is 0 Å². The maximum absolute atomic E-state index is 11.0. The van der Waals surface area contributed by atoms with Crippen molar-refractivity contribution in [3.8, 4) is 17.4 Å². The lowest BCUT2D eigenvalue weighted by molar-refractivity contribution is -0.118. The van der Waals surface area contributed by atoms with E-state index in [0.717, 1.165) is 39.5 Å². The van der Waals surface area contributed by atoms with E-state index < -0.39 is 0 Å². The lowest BCUT2D eigenvalue weighted by atomic mass is 10.1. The van der Waals surface area contributed by atoms with Gasteiger partial charge in [0.15, 0.2) is 0 Å². The zero-order chi connectivity index (χ0) is 19.9. The van der Waals surface area contributed by atoms with E-state index >= 15 is 0 Å². The number of nitrogens with zero attached hydrogens (tertiary/aromatic N) is 1. The summed E-state index contributed by atoms with van der Waals surface area (Å²) in [6.07, 6.45) is 1.75. The molecule has 0 atom stereocenters. The molecule has 0 aliphatic rings. The molecule has 0 unspecified atom stereocenters. The average molecular weight is 443 g/mol. The largest absolute Gasteiger partial charge is 0.494 e. The van der Waals surface area contributed by atoms with E-state index in [2.05, 4.69) is 39.2 Å². The summed E-state index contributed by atoms with van der Waals surface area (Å²) in [5.41, 5.74) is 2.02. The van der Waals surface area contributed by atoms with Crippen LogP contribution in [0.2, 0.25) is 0 Å². The first-order valence-corrected chi connectivity index (χ1v) is 10.1. The van der Waals surface area contributed by atoms with Crippen LogP contribution < -0.4 is 14.8 Å². The number of carbonyl (C=O) groups excluding carboxylic acids is 1. The highest BCUT2D eigenvalue weighted by atomic mass is 79.9. The third-order valence-corrected chi connectivity index (χ3v) is 4.73. The lowest BCUT2D eigenvalue weighted by Gasteiger charge is -2.10. The number of halogens is 1. The molecule has 0 saturated heterocycles. The molecule has 0 saturated carbocycles. The smallest absolute Gasteiger partial charge is 0.219 e. The first-order valence-electron chi connectivity index (χ1n) is 9.29. The average Bonchev–Trinajstić information content (AvgIpc) is 2.68. The number of aromatic nitrogens is 1. The summed E-state index contributed by atoms with van der Waals surface area (Å²) in [4.78, 5) is 15.6. The summed E-state index contributed by atoms with van der Waals surface area (Å²) < 4.78 is 12.4. The Morgan fingerprint density at radius 2 is 2.00 bits per heavy atom. The number of hydrogen-bond donors (Lipinski definition) is 1. The van der Waals surface area contributed by atoms with Gasteiger partial charge in [0.2, 0.25) is 11.8 Å². The van der Waals surface area contributed by atoms with E-state index in [1.165, 1.54) is 6.92 Å². The monoisotopic (exact) mass is 442 g/mol. The number of amides is 1. The van der Waals surface area contributed by atoms with E-state index in [9.17, 15) is 4.79 Å². The van der Waals surface area contributed by atoms with Gasteiger partial charge in [-0.05, 0) is 70.7 Å². The molecule has 0 spiro atoms. The van der Waals surface area contributed by atoms with E-state index in [4.69, 9.17) is 9.47 Å². The molecule has 1 amide bonds. The van der Waals surface area contributed by atoms with E-state index in [-0.39, 0.29) is 5.91 Å². The predicted octanol–water partition coefficient (Wildman–Crippen LogP) is 5.26. The Morgan fingerprint density at radius 3 is 2.75 bits per heavy atom. The molecular formula is C22H23BrN2O3. The molecule has 0 bridgehead atoms. The second-order valence-corrected chi connectivity index (χ2v) is 7.31. The third kappa shape index (κ3) is 5.45. The zero-order valence-electron chi connectivity index (χ0n) is 16.0. The number of nitrogens with one attached hydrogen (secondary N) is 1. The van der Waals surface area contributed by atoms with Gasteiger partial charge in [0.1, 0.15) is 11.5 Å². The van der Waals surface area contributed by atoms with Crippen molar-refractivity contribution in [1.82, 2.24) is 10.3 Å². The van der Waals surface area contributed by atoms with Crippen LogP contribution in [0.5, 0.6) is 17.4 Å². The Morgan fingerprint density at radius 1 is 1.14 bits per heavy atom. The molecule has 3 aromatic rings. The molecule has 0 aliphatic heterocycles. The number of carbonyl (C=O) groups is 1. The highest BCUT2D eigenvalue weighted by Gasteiger charge is 2.07. The topological polar surface area (TPSA) is 60.5 Å². The maximum Gasteiger partial charge on any atom is 0.219 e. The first-order chi connectivity index (χ1) is 13.5. The van der Waals surface area contributed by atoms with Gasteiger partial charge in [0.25, 0.3) is 0 Å². The third-order valence-electron chi connectivity index (χ3n) is 4.11. The van der Waals surface area contributed by atoms with Crippen molar-refractivity contribution in [3.63, 3.8) is 0 Å². The minimum Gasteiger partial charge on any atom is -0.494 e. The minimum atomic E-state index is -0.0136. The molecule has 3 rings (SSSR count). The van der Waals surface area contributed by atoms with Crippen LogP contribution in [0.25, 0.3) is 10.9 Å². The van der Waals surface area contributed by atoms with E-state index in [0.29, 0.717) is 24.8 Å². The van der Waals surface area contributed by atoms with Crippen molar-refractivity contribution in [2.45, 2.75) is 26.7 Å². The number of pyridine rings is 1. The second-order valence-electron chi connectivity index (χ2n) is 6.45. The first kappa shape index (κ1) is 20.1. The number of ether oxygens (including phenoxy) is 2. The van der Waals surface area contributed by atoms with Gasteiger partial charge >= 0.3 is 0 Å². The van der Waals surface area contributed by atoms with Crippen LogP contribution in [0.3, 0.4) is 0 Å². The van der Waals surface area contributed by atoms with Gasteiger partial charge < -0.3 is 14.8 Å². The SMILES string of the molecule is CCCOc1ccc(Oc2ccc3cc(CCNC(C)=O)ccc3n2)c(Br)c1. The van der Waals surface area contributed by atoms with Gasteiger partial charge in [-0.2, -0.15) is 0 Å². The molecule has 0 fully saturated rings. The lowest BCUT2D eigenvalue weighted by Crippen LogP contribution is -2.22. The Labute approximate surface area is 173 Å². The summed E-state index contributed by atoms with van der Waals surface area (Å²) in [6.45, 7) is 4.91. The van der Waals surface area contributed by atoms with E-state index in [1.54, 1.807) is 0 Å². The van der Waals surface area contributed by atoms with Crippen LogP contribution in [-0.2, 0) is 11.2 Å². The Balaban J connectivity index is 1.71. The number of hydrogen-bond acceptors (Lipinski definition) is 4. The van der Waals surface area contributed by atoms with Crippen molar-refractivity contribution in [2.75, 3.05) is 13.2 Å². The fourth-order valence-electron chi connectivity index (χ4n) is 2.74. The molecule has 6 heteroatoms. The Hall–Kier alpha value is -2.60. The van der Waals surface area contributed by atoms with E-state index in [1.807, 2.05) is 42.5 Å². The highest BCUT2D eigenvalue weighted by Crippen LogP contribution is 2.32. The number of fused-ring (bicyclic) bond motifs is 1. The summed E-state index contributed by atoms with van der Waals surface area (Å²) in [6, 6.07) is 15.6. The van der Waals surface area contributed by atoms with Crippen molar-refractivity contribution in [3.05, 3.63) is 58.6 Å². The normalized spacial score (nSPS) is 10.7. The van der Waals surface area contributed by atoms with Gasteiger partial charge in [0.05, 0.1) is 16.6 Å². The van der Waals surface area contributed by atoms with Crippen molar-refractivity contribution < 1.29 is 14.3 Å². The Bertz CT molecular complexity index is 975. The number of benzene rings is 2. The summed E-state index contributed by atoms with van der Waals surface area (Å²) in [5.74, 6) is 2.00. The highest BCUT2D eigenvalue weighted by molar-refractivity contribution is 9.10. The summed E-state index contributed by atoms with van der Waals surface area (Å²) >= 11 is 3.53. The standard InChI is InChI=1S/C22H23BrN2O3/c1-3-12-27-18-6-8-21(19(23)14-18)28-22-9-5-17-13-16(4-7-20(17)25-22)10-11-24-15(2)26/h4-9,13-14H,3,10-12H2,1-2H3,(H,24,26). The van der Waals surface area contributed by atoms with Crippen LogP contribution in [0.1, 0.15) is 25.8 Å². The molecular weight excluding hydrogens is 420 g/mol. The molecule has 1 N–H and O–H groups in total. The van der Waals surface area contributed by atoms with Crippen LogP contribution in [0.15, 0.2) is 53.0 Å².